The third-order valence-corrected chi connectivity index (χ3v) is 8.92. The Bertz CT molecular complexity index is 2100. The molecule has 0 fully saturated rings. The van der Waals surface area contributed by atoms with Crippen LogP contribution >= 0.6 is 0 Å². The van der Waals surface area contributed by atoms with E-state index in [0.717, 1.165) is 19.3 Å². The van der Waals surface area contributed by atoms with Gasteiger partial charge in [-0.1, -0.05) is 79.7 Å². The highest BCUT2D eigenvalue weighted by molar-refractivity contribution is 6.09. The molecule has 0 atom stereocenters. The molecule has 8 rings (SSSR count). The molecular weight excluding hydrogens is 496 g/mol. The van der Waals surface area contributed by atoms with Crippen LogP contribution in [0, 0.1) is 6.92 Å². The van der Waals surface area contributed by atoms with Gasteiger partial charge in [0.25, 0.3) is 0 Å². The molecule has 1 aliphatic carbocycles. The highest BCUT2D eigenvalue weighted by Gasteiger charge is 2.19. The lowest BCUT2D eigenvalue weighted by atomic mass is 9.93. The first-order chi connectivity index (χ1) is 20.2. The van der Waals surface area contributed by atoms with Crippen molar-refractivity contribution in [2.75, 3.05) is 0 Å². The molecule has 0 saturated carbocycles. The fourth-order valence-corrected chi connectivity index (χ4v) is 7.03. The van der Waals surface area contributed by atoms with Gasteiger partial charge in [0, 0.05) is 33.2 Å². The molecule has 1 aliphatic rings. The SMILES string of the molecule is CCc1cc(-n2c3ccccc3c3ccccc32)ccc1-c1ccc(-n2c3c(c4ccccc42)CCC=C3)cc1C. The minimum atomic E-state index is 0.974. The number of hydrogen-bond acceptors (Lipinski definition) is 0. The van der Waals surface area contributed by atoms with Crippen molar-refractivity contribution >= 4 is 38.8 Å². The molecular formula is C39H32N2. The molecule has 7 aromatic rings. The van der Waals surface area contributed by atoms with E-state index in [0.29, 0.717) is 0 Å². The van der Waals surface area contributed by atoms with E-state index in [1.165, 1.54) is 77.6 Å². The first kappa shape index (κ1) is 24.0. The molecule has 0 radical (unpaired) electrons. The van der Waals surface area contributed by atoms with Crippen LogP contribution in [-0.2, 0) is 12.8 Å². The number of allylic oxidation sites excluding steroid dienone is 1. The molecule has 0 N–H and O–H groups in total. The smallest absolute Gasteiger partial charge is 0.0541 e. The average Bonchev–Trinajstić information content (AvgIpc) is 3.54. The first-order valence-electron chi connectivity index (χ1n) is 14.7. The number of nitrogens with zero attached hydrogens (tertiary/aromatic N) is 2. The second-order valence-electron chi connectivity index (χ2n) is 11.2. The maximum Gasteiger partial charge on any atom is 0.0541 e. The van der Waals surface area contributed by atoms with Crippen LogP contribution in [0.25, 0.3) is 61.3 Å². The molecule has 2 nitrogen and oxygen atoms in total. The van der Waals surface area contributed by atoms with Crippen molar-refractivity contribution < 1.29 is 0 Å². The summed E-state index contributed by atoms with van der Waals surface area (Å²) in [5.41, 5.74) is 14.3. The predicted octanol–water partition coefficient (Wildman–Crippen LogP) is 10.2. The van der Waals surface area contributed by atoms with Crippen molar-refractivity contribution in [1.29, 1.82) is 0 Å². The summed E-state index contributed by atoms with van der Waals surface area (Å²) in [5.74, 6) is 0. The molecule has 0 aliphatic heterocycles. The molecule has 0 amide bonds. The van der Waals surface area contributed by atoms with Crippen molar-refractivity contribution in [3.8, 4) is 22.5 Å². The summed E-state index contributed by atoms with van der Waals surface area (Å²) in [4.78, 5) is 0. The Labute approximate surface area is 240 Å². The highest BCUT2D eigenvalue weighted by atomic mass is 15.0. The Morgan fingerprint density at radius 3 is 1.85 bits per heavy atom. The largest absolute Gasteiger partial charge is 0.310 e. The minimum absolute atomic E-state index is 0.974. The lowest BCUT2D eigenvalue weighted by Gasteiger charge is -2.17. The fraction of sp³-hybridized carbons (Fsp3) is 0.128. The van der Waals surface area contributed by atoms with E-state index in [4.69, 9.17) is 0 Å². The van der Waals surface area contributed by atoms with E-state index >= 15 is 0 Å². The molecule has 2 aromatic heterocycles. The van der Waals surface area contributed by atoms with Crippen LogP contribution in [0.1, 0.15) is 35.7 Å². The number of aryl methyl sites for hydroxylation is 3. The summed E-state index contributed by atoms with van der Waals surface area (Å²) in [5, 5.41) is 3.97. The zero-order valence-corrected chi connectivity index (χ0v) is 23.6. The molecule has 0 unspecified atom stereocenters. The second-order valence-corrected chi connectivity index (χ2v) is 11.2. The summed E-state index contributed by atoms with van der Waals surface area (Å²) in [6, 6.07) is 40.3. The monoisotopic (exact) mass is 528 g/mol. The number of aromatic nitrogens is 2. The Kier molecular flexibility index (Phi) is 5.50. The highest BCUT2D eigenvalue weighted by Crippen LogP contribution is 2.37. The molecule has 198 valence electrons. The summed E-state index contributed by atoms with van der Waals surface area (Å²) in [6.45, 7) is 4.52. The quantitative estimate of drug-likeness (QED) is 0.215. The van der Waals surface area contributed by atoms with Crippen LogP contribution in [0.5, 0.6) is 0 Å². The Balaban J connectivity index is 1.26. The number of hydrogen-bond donors (Lipinski definition) is 0. The summed E-state index contributed by atoms with van der Waals surface area (Å²) in [7, 11) is 0. The van der Waals surface area contributed by atoms with Gasteiger partial charge in [-0.15, -0.1) is 0 Å². The van der Waals surface area contributed by atoms with Gasteiger partial charge in [-0.25, -0.2) is 0 Å². The normalized spacial score (nSPS) is 12.9. The molecule has 0 saturated heterocycles. The van der Waals surface area contributed by atoms with Crippen molar-refractivity contribution in [3.63, 3.8) is 0 Å². The zero-order chi connectivity index (χ0) is 27.5. The Morgan fingerprint density at radius 1 is 0.610 bits per heavy atom. The van der Waals surface area contributed by atoms with Crippen LogP contribution in [0.15, 0.2) is 115 Å². The predicted molar refractivity (Wildman–Crippen MR) is 175 cm³/mol. The molecule has 0 spiro atoms. The fourth-order valence-electron chi connectivity index (χ4n) is 7.03. The average molecular weight is 529 g/mol. The molecule has 2 heterocycles. The van der Waals surface area contributed by atoms with E-state index in [2.05, 4.69) is 144 Å². The Morgan fingerprint density at radius 2 is 1.20 bits per heavy atom. The summed E-state index contributed by atoms with van der Waals surface area (Å²) < 4.78 is 4.86. The van der Waals surface area contributed by atoms with Crippen LogP contribution in [0.4, 0.5) is 0 Å². The lowest BCUT2D eigenvalue weighted by Crippen LogP contribution is -2.01. The van der Waals surface area contributed by atoms with Gasteiger partial charge in [-0.3, -0.25) is 0 Å². The van der Waals surface area contributed by atoms with Gasteiger partial charge in [0.15, 0.2) is 0 Å². The Hall–Kier alpha value is -4.82. The van der Waals surface area contributed by atoms with Crippen LogP contribution in [0.2, 0.25) is 0 Å². The number of rotatable bonds is 4. The van der Waals surface area contributed by atoms with Crippen molar-refractivity contribution in [2.24, 2.45) is 0 Å². The topological polar surface area (TPSA) is 9.86 Å². The first-order valence-corrected chi connectivity index (χ1v) is 14.7. The van der Waals surface area contributed by atoms with Gasteiger partial charge in [0.2, 0.25) is 0 Å². The van der Waals surface area contributed by atoms with E-state index in [-0.39, 0.29) is 0 Å². The van der Waals surface area contributed by atoms with Gasteiger partial charge < -0.3 is 9.13 Å². The maximum absolute atomic E-state index is 2.45. The van der Waals surface area contributed by atoms with Crippen molar-refractivity contribution in [3.05, 3.63) is 138 Å². The summed E-state index contributed by atoms with van der Waals surface area (Å²) in [6.07, 6.45) is 7.82. The van der Waals surface area contributed by atoms with E-state index in [1.54, 1.807) is 0 Å². The molecule has 2 heteroatoms. The van der Waals surface area contributed by atoms with E-state index in [9.17, 15) is 0 Å². The second kappa shape index (κ2) is 9.38. The molecule has 0 bridgehead atoms. The number of fused-ring (bicyclic) bond motifs is 6. The van der Waals surface area contributed by atoms with E-state index < -0.39 is 0 Å². The maximum atomic E-state index is 2.45. The summed E-state index contributed by atoms with van der Waals surface area (Å²) >= 11 is 0. The van der Waals surface area contributed by atoms with Gasteiger partial charge in [0.1, 0.15) is 0 Å². The lowest BCUT2D eigenvalue weighted by molar-refractivity contribution is 0.967. The van der Waals surface area contributed by atoms with Gasteiger partial charge in [-0.2, -0.15) is 0 Å². The number of para-hydroxylation sites is 3. The standard InChI is InChI=1S/C39H32N2/c1-3-27-25-29(41-38-18-10-6-14-34(38)35-15-7-11-19-39(35)41)21-23-31(27)30-22-20-28(24-26(30)2)40-36-16-8-4-12-32(36)33-13-5-9-17-37(33)40/h4,6-12,14-25H,3,5,13H2,1-2H3. The van der Waals surface area contributed by atoms with Crippen molar-refractivity contribution in [1.82, 2.24) is 9.13 Å². The minimum Gasteiger partial charge on any atom is -0.310 e. The van der Waals surface area contributed by atoms with Crippen LogP contribution < -0.4 is 0 Å². The van der Waals surface area contributed by atoms with Gasteiger partial charge in [-0.05, 0) is 103 Å². The van der Waals surface area contributed by atoms with Crippen molar-refractivity contribution in [2.45, 2.75) is 33.1 Å². The number of benzene rings is 5. The van der Waals surface area contributed by atoms with Gasteiger partial charge in [0.05, 0.1) is 16.6 Å². The van der Waals surface area contributed by atoms with Crippen LogP contribution in [0.3, 0.4) is 0 Å². The van der Waals surface area contributed by atoms with Crippen LogP contribution in [-0.4, -0.2) is 9.13 Å². The molecule has 5 aromatic carbocycles. The van der Waals surface area contributed by atoms with Gasteiger partial charge >= 0.3 is 0 Å². The third kappa shape index (κ3) is 3.64. The van der Waals surface area contributed by atoms with E-state index in [1.807, 2.05) is 0 Å². The zero-order valence-electron chi connectivity index (χ0n) is 23.6. The third-order valence-electron chi connectivity index (χ3n) is 8.92. The molecule has 41 heavy (non-hydrogen) atoms.